The smallest absolute Gasteiger partial charge is 0.245 e. The zero-order chi connectivity index (χ0) is 20.5. The summed E-state index contributed by atoms with van der Waals surface area (Å²) in [6, 6.07) is 11.4. The molecule has 0 saturated carbocycles. The molecule has 2 heterocycles. The third-order valence-corrected chi connectivity index (χ3v) is 5.37. The van der Waals surface area contributed by atoms with E-state index in [0.29, 0.717) is 0 Å². The molecule has 3 aliphatic rings. The third kappa shape index (κ3) is 1.86. The van der Waals surface area contributed by atoms with E-state index >= 15 is 0 Å². The number of carbonyl (C=O) groups excluding carboxylic acids is 3. The van der Waals surface area contributed by atoms with Crippen LogP contribution in [0.1, 0.15) is 26.3 Å². The molecule has 1 atom stereocenters. The largest absolute Gasteiger partial charge is 0.436 e. The van der Waals surface area contributed by atoms with Crippen molar-refractivity contribution in [2.24, 2.45) is 5.73 Å². The maximum Gasteiger partial charge on any atom is 0.245 e. The molecule has 1 unspecified atom stereocenters. The van der Waals surface area contributed by atoms with E-state index in [1.54, 1.807) is 12.1 Å². The fraction of sp³-hybridized carbons (Fsp3) is 0.0476. The first kappa shape index (κ1) is 16.9. The molecule has 2 aliphatic heterocycles. The number of nitrogens with two attached hydrogens (primary N) is 1. The fourth-order valence-electron chi connectivity index (χ4n) is 4.17. The van der Waals surface area contributed by atoms with Crippen LogP contribution in [0.3, 0.4) is 0 Å². The van der Waals surface area contributed by atoms with Crippen LogP contribution in [0.15, 0.2) is 65.3 Å². The Morgan fingerprint density at radius 1 is 1.07 bits per heavy atom. The van der Waals surface area contributed by atoms with Gasteiger partial charge in [-0.1, -0.05) is 24.3 Å². The zero-order valence-electron chi connectivity index (χ0n) is 14.6. The van der Waals surface area contributed by atoms with Crippen LogP contribution in [0, 0.1) is 17.1 Å². The Labute approximate surface area is 162 Å². The number of rotatable bonds is 0. The molecular weight excluding hydrogens is 377 g/mol. The van der Waals surface area contributed by atoms with E-state index in [9.17, 15) is 24.0 Å². The first-order chi connectivity index (χ1) is 13.9. The highest BCUT2D eigenvalue weighted by atomic mass is 19.1. The van der Waals surface area contributed by atoms with E-state index in [-0.39, 0.29) is 33.5 Å². The summed E-state index contributed by atoms with van der Waals surface area (Å²) in [6.45, 7) is 0. The molecule has 2 aromatic rings. The molecule has 0 bridgehead atoms. The molecule has 8 heteroatoms. The molecule has 0 saturated heterocycles. The zero-order valence-corrected chi connectivity index (χ0v) is 14.6. The second kappa shape index (κ2) is 5.39. The highest BCUT2D eigenvalue weighted by Gasteiger charge is 2.61. The number of nitrogens with zero attached hydrogens (tertiary/aromatic N) is 1. The number of Topliss-reactive ketones (excluding diaryl/α,β-unsaturated/α-hetero) is 2. The molecule has 29 heavy (non-hydrogen) atoms. The Bertz CT molecular complexity index is 1300. The van der Waals surface area contributed by atoms with Gasteiger partial charge in [-0.25, -0.2) is 4.39 Å². The number of nitrogens with one attached hydrogen (secondary N) is 1. The number of anilines is 1. The van der Waals surface area contributed by atoms with Gasteiger partial charge in [0.1, 0.15) is 22.9 Å². The summed E-state index contributed by atoms with van der Waals surface area (Å²) < 4.78 is 19.5. The second-order valence-corrected chi connectivity index (χ2v) is 6.76. The quantitative estimate of drug-likeness (QED) is 0.714. The Kier molecular flexibility index (Phi) is 3.14. The maximum atomic E-state index is 14.1. The van der Waals surface area contributed by atoms with Gasteiger partial charge in [-0.3, -0.25) is 14.4 Å². The van der Waals surface area contributed by atoms with Crippen LogP contribution in [0.4, 0.5) is 10.1 Å². The van der Waals surface area contributed by atoms with Gasteiger partial charge in [0.15, 0.2) is 11.5 Å². The first-order valence-electron chi connectivity index (χ1n) is 8.54. The Hall–Kier alpha value is -4.25. The summed E-state index contributed by atoms with van der Waals surface area (Å²) in [7, 11) is 0. The summed E-state index contributed by atoms with van der Waals surface area (Å²) in [4.78, 5) is 39.7. The van der Waals surface area contributed by atoms with Crippen LogP contribution < -0.4 is 11.1 Å². The number of carbonyl (C=O) groups is 3. The monoisotopic (exact) mass is 387 g/mol. The van der Waals surface area contributed by atoms with Crippen molar-refractivity contribution in [3.8, 4) is 6.07 Å². The van der Waals surface area contributed by atoms with Crippen LogP contribution >= 0.6 is 0 Å². The SMILES string of the molecule is N#CC1=C(N)OC2=C(C(=O)c3ccccc3C2=O)C12C(=O)Nc1ccc(F)cc12. The van der Waals surface area contributed by atoms with Gasteiger partial charge in [0, 0.05) is 22.4 Å². The summed E-state index contributed by atoms with van der Waals surface area (Å²) >= 11 is 0. The van der Waals surface area contributed by atoms with Gasteiger partial charge in [0.2, 0.25) is 17.6 Å². The molecule has 1 amide bonds. The maximum absolute atomic E-state index is 14.1. The van der Waals surface area contributed by atoms with Crippen molar-refractivity contribution in [1.29, 1.82) is 5.26 Å². The summed E-state index contributed by atoms with van der Waals surface area (Å²) in [5.41, 5.74) is 3.50. The predicted octanol–water partition coefficient (Wildman–Crippen LogP) is 2.07. The number of hydrogen-bond acceptors (Lipinski definition) is 6. The lowest BCUT2D eigenvalue weighted by Gasteiger charge is -2.36. The van der Waals surface area contributed by atoms with Crippen molar-refractivity contribution in [3.63, 3.8) is 0 Å². The lowest BCUT2D eigenvalue weighted by molar-refractivity contribution is -0.118. The van der Waals surface area contributed by atoms with E-state index in [1.165, 1.54) is 18.2 Å². The summed E-state index contributed by atoms with van der Waals surface area (Å²) in [6.07, 6.45) is 0. The molecule has 0 fully saturated rings. The van der Waals surface area contributed by atoms with E-state index in [4.69, 9.17) is 10.5 Å². The molecule has 2 aromatic carbocycles. The fourth-order valence-corrected chi connectivity index (χ4v) is 4.17. The van der Waals surface area contributed by atoms with Gasteiger partial charge in [-0.15, -0.1) is 0 Å². The summed E-state index contributed by atoms with van der Waals surface area (Å²) in [5, 5.41) is 12.3. The number of fused-ring (bicyclic) bond motifs is 4. The van der Waals surface area contributed by atoms with Gasteiger partial charge in [0.05, 0.1) is 5.57 Å². The number of ether oxygens (including phenoxy) is 1. The molecule has 1 aliphatic carbocycles. The van der Waals surface area contributed by atoms with Crippen molar-refractivity contribution in [2.45, 2.75) is 5.41 Å². The van der Waals surface area contributed by atoms with E-state index in [0.717, 1.165) is 12.1 Å². The Morgan fingerprint density at radius 3 is 2.45 bits per heavy atom. The van der Waals surface area contributed by atoms with Gasteiger partial charge >= 0.3 is 0 Å². The van der Waals surface area contributed by atoms with E-state index < -0.39 is 40.3 Å². The molecule has 1 spiro atoms. The minimum absolute atomic E-state index is 0.0262. The van der Waals surface area contributed by atoms with Crippen molar-refractivity contribution < 1.29 is 23.5 Å². The molecule has 5 rings (SSSR count). The normalized spacial score (nSPS) is 22.0. The standard InChI is InChI=1S/C21H10FN3O4/c22-9-5-6-14-12(7-9)21(20(28)25-14)13(8-23)19(24)29-18-15(21)16(26)10-3-1-2-4-11(10)17(18)27/h1-7H,24H2,(H,25,28). The molecule has 0 radical (unpaired) electrons. The van der Waals surface area contributed by atoms with Crippen LogP contribution in [-0.4, -0.2) is 17.5 Å². The third-order valence-electron chi connectivity index (χ3n) is 5.37. The van der Waals surface area contributed by atoms with Gasteiger partial charge in [-0.05, 0) is 18.2 Å². The molecule has 3 N–H and O–H groups in total. The minimum atomic E-state index is -2.08. The molecule has 7 nitrogen and oxygen atoms in total. The first-order valence-corrected chi connectivity index (χ1v) is 8.54. The second-order valence-electron chi connectivity index (χ2n) is 6.76. The van der Waals surface area contributed by atoms with Crippen molar-refractivity contribution >= 4 is 23.2 Å². The van der Waals surface area contributed by atoms with E-state index in [2.05, 4.69) is 5.32 Å². The molecule has 0 aromatic heterocycles. The number of halogens is 1. The number of allylic oxidation sites excluding steroid dienone is 1. The Morgan fingerprint density at radius 2 is 1.76 bits per heavy atom. The van der Waals surface area contributed by atoms with Gasteiger partial charge < -0.3 is 15.8 Å². The predicted molar refractivity (Wildman–Crippen MR) is 96.7 cm³/mol. The lowest BCUT2D eigenvalue weighted by atomic mass is 9.64. The average Bonchev–Trinajstić information content (AvgIpc) is 2.98. The van der Waals surface area contributed by atoms with Gasteiger partial charge in [-0.2, -0.15) is 5.26 Å². The van der Waals surface area contributed by atoms with Crippen molar-refractivity contribution in [2.75, 3.05) is 5.32 Å². The van der Waals surface area contributed by atoms with Crippen LogP contribution in [-0.2, 0) is 14.9 Å². The number of nitriles is 1. The molecule has 140 valence electrons. The average molecular weight is 387 g/mol. The van der Waals surface area contributed by atoms with Crippen LogP contribution in [0.5, 0.6) is 0 Å². The Balaban J connectivity index is 1.93. The van der Waals surface area contributed by atoms with Crippen molar-refractivity contribution in [3.05, 3.63) is 87.8 Å². The lowest BCUT2D eigenvalue weighted by Crippen LogP contribution is -2.48. The number of benzene rings is 2. The highest BCUT2D eigenvalue weighted by Crippen LogP contribution is 2.54. The van der Waals surface area contributed by atoms with Crippen molar-refractivity contribution in [1.82, 2.24) is 0 Å². The number of hydrogen-bond donors (Lipinski definition) is 2. The minimum Gasteiger partial charge on any atom is -0.436 e. The van der Waals surface area contributed by atoms with E-state index in [1.807, 2.05) is 6.07 Å². The van der Waals surface area contributed by atoms with Gasteiger partial charge in [0.25, 0.3) is 0 Å². The summed E-state index contributed by atoms with van der Waals surface area (Å²) in [5.74, 6) is -3.69. The number of ketones is 2. The topological polar surface area (TPSA) is 122 Å². The van der Waals surface area contributed by atoms with Crippen LogP contribution in [0.2, 0.25) is 0 Å². The highest BCUT2D eigenvalue weighted by molar-refractivity contribution is 6.31. The van der Waals surface area contributed by atoms with Crippen LogP contribution in [0.25, 0.3) is 0 Å². The number of amides is 1. The molecular formula is C21H10FN3O4.